The number of pyridine rings is 1. The minimum Gasteiger partial charge on any atom is -0.355 e. The van der Waals surface area contributed by atoms with Crippen molar-refractivity contribution in [1.82, 2.24) is 19.7 Å². The van der Waals surface area contributed by atoms with E-state index in [1.165, 1.54) is 28.4 Å². The second-order valence-corrected chi connectivity index (χ2v) is 6.56. The van der Waals surface area contributed by atoms with Crippen LogP contribution in [0.3, 0.4) is 0 Å². The lowest BCUT2D eigenvalue weighted by atomic mass is 10.1. The Kier molecular flexibility index (Phi) is 4.18. The van der Waals surface area contributed by atoms with E-state index in [4.69, 9.17) is 0 Å². The van der Waals surface area contributed by atoms with Crippen LogP contribution in [-0.2, 0) is 13.2 Å². The molecule has 0 saturated heterocycles. The summed E-state index contributed by atoms with van der Waals surface area (Å²) in [6.07, 6.45) is -2.93. The van der Waals surface area contributed by atoms with Crippen molar-refractivity contribution < 1.29 is 18.0 Å². The Morgan fingerprint density at radius 3 is 2.38 bits per heavy atom. The van der Waals surface area contributed by atoms with E-state index >= 15 is 0 Å². The summed E-state index contributed by atoms with van der Waals surface area (Å²) < 4.78 is 41.5. The molecule has 148 valence electrons. The molecular weight excluding hydrogens is 385 g/mol. The number of alkyl halides is 3. The first kappa shape index (κ1) is 18.7. The van der Waals surface area contributed by atoms with Gasteiger partial charge in [0.15, 0.2) is 0 Å². The molecule has 29 heavy (non-hydrogen) atoms. The van der Waals surface area contributed by atoms with Gasteiger partial charge in [0.05, 0.1) is 16.5 Å². The number of fused-ring (bicyclic) bond motifs is 3. The molecule has 0 atom stereocenters. The maximum Gasteiger partial charge on any atom is 0.416 e. The number of aromatic nitrogens is 3. The van der Waals surface area contributed by atoms with Crippen LogP contribution >= 0.6 is 0 Å². The topological polar surface area (TPSA) is 68.9 Å². The number of hydrogen-bond donors (Lipinski definition) is 1. The summed E-state index contributed by atoms with van der Waals surface area (Å²) in [4.78, 5) is 25.2. The predicted octanol–water partition coefficient (Wildman–Crippen LogP) is 3.26. The first-order valence-corrected chi connectivity index (χ1v) is 8.62. The summed E-state index contributed by atoms with van der Waals surface area (Å²) in [6, 6.07) is 9.11. The maximum absolute atomic E-state index is 13.1. The minimum absolute atomic E-state index is 0.284. The van der Waals surface area contributed by atoms with E-state index in [-0.39, 0.29) is 11.6 Å². The molecule has 0 aliphatic carbocycles. The second-order valence-electron chi connectivity index (χ2n) is 6.56. The number of nitrogens with zero attached hydrogens (tertiary/aromatic N) is 3. The highest BCUT2D eigenvalue weighted by Gasteiger charge is 2.30. The van der Waals surface area contributed by atoms with Crippen molar-refractivity contribution in [3.05, 3.63) is 70.1 Å². The fourth-order valence-electron chi connectivity index (χ4n) is 3.34. The smallest absolute Gasteiger partial charge is 0.355 e. The monoisotopic (exact) mass is 400 g/mol. The van der Waals surface area contributed by atoms with Gasteiger partial charge in [0.1, 0.15) is 5.52 Å². The zero-order valence-corrected chi connectivity index (χ0v) is 15.4. The van der Waals surface area contributed by atoms with Gasteiger partial charge in [-0.15, -0.1) is 0 Å². The number of nitrogens with one attached hydrogen (secondary N) is 1. The van der Waals surface area contributed by atoms with Crippen molar-refractivity contribution in [3.8, 4) is 5.69 Å². The lowest BCUT2D eigenvalue weighted by Gasteiger charge is -2.13. The number of rotatable bonds is 2. The molecule has 4 rings (SSSR count). The van der Waals surface area contributed by atoms with Crippen LogP contribution in [0.2, 0.25) is 0 Å². The molecule has 0 aliphatic rings. The van der Waals surface area contributed by atoms with E-state index in [2.05, 4.69) is 10.4 Å². The molecule has 1 amide bonds. The van der Waals surface area contributed by atoms with E-state index in [9.17, 15) is 22.8 Å². The highest BCUT2D eigenvalue weighted by atomic mass is 19.4. The quantitative estimate of drug-likeness (QED) is 0.562. The Balaban J connectivity index is 2.06. The van der Waals surface area contributed by atoms with Crippen molar-refractivity contribution in [3.63, 3.8) is 0 Å². The fourth-order valence-corrected chi connectivity index (χ4v) is 3.34. The molecule has 0 unspecified atom stereocenters. The first-order chi connectivity index (χ1) is 13.7. The van der Waals surface area contributed by atoms with Crippen LogP contribution in [0.5, 0.6) is 0 Å². The van der Waals surface area contributed by atoms with Gasteiger partial charge in [0.2, 0.25) is 0 Å². The standard InChI is InChI=1S/C20H15F3N4O2/c1-24-18(28)11-3-8-16-14(9-11)17-15(10-26(2)25-17)19(29)27(16)13-6-4-12(5-7-13)20(21,22)23/h3-10H,1-2H3,(H,24,28). The van der Waals surface area contributed by atoms with Crippen molar-refractivity contribution in [2.24, 2.45) is 7.05 Å². The summed E-state index contributed by atoms with van der Waals surface area (Å²) in [7, 11) is 3.17. The SMILES string of the molecule is CNC(=O)c1ccc2c(c1)c1nn(C)cc1c(=O)n2-c1ccc(C(F)(F)F)cc1. The molecule has 0 fully saturated rings. The van der Waals surface area contributed by atoms with Crippen molar-refractivity contribution in [2.75, 3.05) is 7.05 Å². The summed E-state index contributed by atoms with van der Waals surface area (Å²) in [5.41, 5.74) is 0.307. The summed E-state index contributed by atoms with van der Waals surface area (Å²) in [6.45, 7) is 0. The molecule has 0 bridgehead atoms. The molecular formula is C20H15F3N4O2. The molecule has 6 nitrogen and oxygen atoms in total. The zero-order valence-electron chi connectivity index (χ0n) is 15.4. The lowest BCUT2D eigenvalue weighted by molar-refractivity contribution is -0.137. The lowest BCUT2D eigenvalue weighted by Crippen LogP contribution is -2.20. The molecule has 0 spiro atoms. The zero-order chi connectivity index (χ0) is 20.9. The molecule has 2 aromatic carbocycles. The Morgan fingerprint density at radius 2 is 1.76 bits per heavy atom. The molecule has 2 heterocycles. The Labute approximate surface area is 162 Å². The number of hydrogen-bond acceptors (Lipinski definition) is 3. The largest absolute Gasteiger partial charge is 0.416 e. The van der Waals surface area contributed by atoms with Crippen LogP contribution in [0.25, 0.3) is 27.5 Å². The Hall–Kier alpha value is -3.62. The molecule has 2 aromatic heterocycles. The normalized spacial score (nSPS) is 11.9. The van der Waals surface area contributed by atoms with Crippen molar-refractivity contribution in [2.45, 2.75) is 6.18 Å². The number of halogens is 3. The number of amides is 1. The predicted molar refractivity (Wildman–Crippen MR) is 102 cm³/mol. The minimum atomic E-state index is -4.47. The summed E-state index contributed by atoms with van der Waals surface area (Å²) in [5, 5.41) is 7.71. The molecule has 9 heteroatoms. The number of aryl methyl sites for hydroxylation is 1. The number of carbonyl (C=O) groups excluding carboxylic acids is 1. The van der Waals surface area contributed by atoms with Gasteiger partial charge in [-0.1, -0.05) is 0 Å². The van der Waals surface area contributed by atoms with Gasteiger partial charge in [0, 0.05) is 36.9 Å². The van der Waals surface area contributed by atoms with Gasteiger partial charge in [-0.25, -0.2) is 0 Å². The van der Waals surface area contributed by atoms with Crippen molar-refractivity contribution >= 4 is 27.7 Å². The second kappa shape index (κ2) is 6.47. The molecule has 4 aromatic rings. The average Bonchev–Trinajstić information content (AvgIpc) is 3.09. The van der Waals surface area contributed by atoms with Crippen LogP contribution in [0.4, 0.5) is 13.2 Å². The first-order valence-electron chi connectivity index (χ1n) is 8.62. The van der Waals surface area contributed by atoms with E-state index in [1.54, 1.807) is 31.4 Å². The van der Waals surface area contributed by atoms with Crippen LogP contribution in [0.1, 0.15) is 15.9 Å². The molecule has 0 saturated carbocycles. The third-order valence-corrected chi connectivity index (χ3v) is 4.70. The highest BCUT2D eigenvalue weighted by molar-refractivity contribution is 6.07. The Bertz CT molecular complexity index is 1320. The van der Waals surface area contributed by atoms with Gasteiger partial charge in [0.25, 0.3) is 11.5 Å². The van der Waals surface area contributed by atoms with Crippen LogP contribution < -0.4 is 10.9 Å². The third kappa shape index (κ3) is 3.04. The van der Waals surface area contributed by atoms with Crippen LogP contribution in [0, 0.1) is 0 Å². The third-order valence-electron chi connectivity index (χ3n) is 4.70. The maximum atomic E-state index is 13.1. The summed E-state index contributed by atoms with van der Waals surface area (Å²) >= 11 is 0. The molecule has 0 aliphatic heterocycles. The van der Waals surface area contributed by atoms with Crippen LogP contribution in [-0.4, -0.2) is 27.3 Å². The van der Waals surface area contributed by atoms with E-state index in [0.29, 0.717) is 27.4 Å². The number of carbonyl (C=O) groups is 1. The Morgan fingerprint density at radius 1 is 1.07 bits per heavy atom. The van der Waals surface area contributed by atoms with E-state index in [1.807, 2.05) is 0 Å². The van der Waals surface area contributed by atoms with Gasteiger partial charge in [-0.2, -0.15) is 18.3 Å². The van der Waals surface area contributed by atoms with Gasteiger partial charge in [-0.05, 0) is 42.5 Å². The van der Waals surface area contributed by atoms with Crippen LogP contribution in [0.15, 0.2) is 53.5 Å². The van der Waals surface area contributed by atoms with Gasteiger partial charge in [-0.3, -0.25) is 18.8 Å². The molecule has 1 N–H and O–H groups in total. The fraction of sp³-hybridized carbons (Fsp3) is 0.150. The molecule has 0 radical (unpaired) electrons. The van der Waals surface area contributed by atoms with Gasteiger partial charge >= 0.3 is 6.18 Å². The average molecular weight is 400 g/mol. The van der Waals surface area contributed by atoms with E-state index in [0.717, 1.165) is 12.1 Å². The van der Waals surface area contributed by atoms with Gasteiger partial charge < -0.3 is 5.32 Å². The summed E-state index contributed by atoms with van der Waals surface area (Å²) in [5.74, 6) is -0.303. The number of benzene rings is 2. The van der Waals surface area contributed by atoms with Crippen molar-refractivity contribution in [1.29, 1.82) is 0 Å². The van der Waals surface area contributed by atoms with E-state index < -0.39 is 17.3 Å². The highest BCUT2D eigenvalue weighted by Crippen LogP contribution is 2.30.